The van der Waals surface area contributed by atoms with Crippen molar-refractivity contribution in [2.45, 2.75) is 31.6 Å². The molecular weight excluding hydrogens is 294 g/mol. The van der Waals surface area contributed by atoms with Crippen LogP contribution in [0.5, 0.6) is 0 Å². The number of nitrogens with one attached hydrogen (secondary N) is 1. The van der Waals surface area contributed by atoms with Crippen LogP contribution in [0.1, 0.15) is 24.0 Å². The summed E-state index contributed by atoms with van der Waals surface area (Å²) in [4.78, 5) is 0. The maximum Gasteiger partial charge on any atom is 0.416 e. The van der Waals surface area contributed by atoms with E-state index in [1.807, 2.05) is 0 Å². The predicted molar refractivity (Wildman–Crippen MR) is 69.1 cm³/mol. The van der Waals surface area contributed by atoms with E-state index in [0.29, 0.717) is 17.6 Å². The van der Waals surface area contributed by atoms with Crippen molar-refractivity contribution < 1.29 is 21.8 Å². The zero-order valence-electron chi connectivity index (χ0n) is 10.7. The second-order valence-corrected chi connectivity index (χ2v) is 6.55. The second kappa shape index (κ2) is 6.22. The van der Waals surface area contributed by atoms with Crippen molar-refractivity contribution in [1.29, 1.82) is 0 Å². The average molecular weight is 309 g/mol. The van der Waals surface area contributed by atoms with Gasteiger partial charge in [-0.1, -0.05) is 0 Å². The third-order valence-electron chi connectivity index (χ3n) is 3.27. The first kappa shape index (κ1) is 15.4. The molecule has 0 radical (unpaired) electrons. The minimum absolute atomic E-state index is 0.130. The Morgan fingerprint density at radius 2 is 1.85 bits per heavy atom. The van der Waals surface area contributed by atoms with E-state index in [2.05, 4.69) is 5.32 Å². The summed E-state index contributed by atoms with van der Waals surface area (Å²) in [7, 11) is -0.777. The van der Waals surface area contributed by atoms with Crippen molar-refractivity contribution >= 4 is 10.8 Å². The van der Waals surface area contributed by atoms with E-state index in [-0.39, 0.29) is 18.2 Å². The maximum atomic E-state index is 13.2. The largest absolute Gasteiger partial charge is 0.416 e. The van der Waals surface area contributed by atoms with Gasteiger partial charge in [-0.3, -0.25) is 4.21 Å². The van der Waals surface area contributed by atoms with Crippen molar-refractivity contribution in [2.75, 3.05) is 11.5 Å². The molecule has 0 bridgehead atoms. The van der Waals surface area contributed by atoms with Crippen LogP contribution in [0.2, 0.25) is 0 Å². The summed E-state index contributed by atoms with van der Waals surface area (Å²) in [6, 6.07) is 2.68. The van der Waals surface area contributed by atoms with Crippen LogP contribution in [-0.2, 0) is 23.5 Å². The van der Waals surface area contributed by atoms with Gasteiger partial charge in [0.15, 0.2) is 0 Å². The van der Waals surface area contributed by atoms with Crippen molar-refractivity contribution in [2.24, 2.45) is 0 Å². The Morgan fingerprint density at radius 3 is 2.45 bits per heavy atom. The van der Waals surface area contributed by atoms with E-state index in [9.17, 15) is 21.8 Å². The molecule has 0 aromatic heterocycles. The third kappa shape index (κ3) is 4.28. The smallest absolute Gasteiger partial charge is 0.310 e. The van der Waals surface area contributed by atoms with Gasteiger partial charge >= 0.3 is 6.18 Å². The Hall–Kier alpha value is -0.950. The number of halogens is 4. The topological polar surface area (TPSA) is 29.1 Å². The summed E-state index contributed by atoms with van der Waals surface area (Å²) in [5.74, 6) is 0.324. The normalized spacial score (nSPS) is 23.8. The van der Waals surface area contributed by atoms with E-state index in [1.54, 1.807) is 0 Å². The van der Waals surface area contributed by atoms with Crippen LogP contribution in [-0.4, -0.2) is 21.8 Å². The zero-order valence-corrected chi connectivity index (χ0v) is 11.5. The van der Waals surface area contributed by atoms with E-state index in [1.165, 1.54) is 0 Å². The first-order valence-electron chi connectivity index (χ1n) is 6.29. The molecule has 0 spiro atoms. The fraction of sp³-hybridized carbons (Fsp3) is 0.538. The molecule has 2 nitrogen and oxygen atoms in total. The minimum atomic E-state index is -4.54. The summed E-state index contributed by atoms with van der Waals surface area (Å²) in [6.45, 7) is 0.179. The standard InChI is InChI=1S/C13H15F4NOS/c14-11-6-9(5-10(7-11)13(15,16)17)8-18-12-1-3-20(19)4-2-12/h5-7,12,18H,1-4,8H2. The van der Waals surface area contributed by atoms with Crippen LogP contribution in [0.3, 0.4) is 0 Å². The number of alkyl halides is 3. The molecular formula is C13H15F4NOS. The van der Waals surface area contributed by atoms with Gasteiger partial charge in [0.25, 0.3) is 0 Å². The molecule has 1 aromatic carbocycles. The van der Waals surface area contributed by atoms with E-state index >= 15 is 0 Å². The first-order valence-corrected chi connectivity index (χ1v) is 7.78. The van der Waals surface area contributed by atoms with Gasteiger partial charge in [-0.2, -0.15) is 13.2 Å². The fourth-order valence-corrected chi connectivity index (χ4v) is 3.48. The van der Waals surface area contributed by atoms with Gasteiger partial charge in [0.05, 0.1) is 5.56 Å². The molecule has 1 heterocycles. The van der Waals surface area contributed by atoms with Crippen LogP contribution in [0.25, 0.3) is 0 Å². The highest BCUT2D eigenvalue weighted by atomic mass is 32.2. The molecule has 0 amide bonds. The van der Waals surface area contributed by atoms with Crippen LogP contribution in [0, 0.1) is 5.82 Å². The predicted octanol–water partition coefficient (Wildman–Crippen LogP) is 2.85. The Labute approximate surface area is 117 Å². The number of benzene rings is 1. The van der Waals surface area contributed by atoms with Gasteiger partial charge < -0.3 is 5.32 Å². The van der Waals surface area contributed by atoms with E-state index in [4.69, 9.17) is 0 Å². The Bertz CT molecular complexity index is 494. The Kier molecular flexibility index (Phi) is 4.80. The molecule has 1 saturated heterocycles. The molecule has 20 heavy (non-hydrogen) atoms. The van der Waals surface area contributed by atoms with Crippen molar-refractivity contribution in [1.82, 2.24) is 5.32 Å². The van der Waals surface area contributed by atoms with Gasteiger partial charge in [-0.25, -0.2) is 4.39 Å². The lowest BCUT2D eigenvalue weighted by atomic mass is 10.1. The molecule has 1 N–H and O–H groups in total. The second-order valence-electron chi connectivity index (χ2n) is 4.85. The summed E-state index contributed by atoms with van der Waals surface area (Å²) in [5.41, 5.74) is -0.705. The van der Waals surface area contributed by atoms with Crippen molar-refractivity contribution in [3.05, 3.63) is 35.1 Å². The van der Waals surface area contributed by atoms with Gasteiger partial charge in [-0.15, -0.1) is 0 Å². The number of hydrogen-bond acceptors (Lipinski definition) is 2. The van der Waals surface area contributed by atoms with E-state index < -0.39 is 28.4 Å². The van der Waals surface area contributed by atoms with Gasteiger partial charge in [0.1, 0.15) is 5.82 Å². The third-order valence-corrected chi connectivity index (χ3v) is 4.65. The SMILES string of the molecule is O=S1CCC(NCc2cc(F)cc(C(F)(F)F)c2)CC1. The lowest BCUT2D eigenvalue weighted by Crippen LogP contribution is -2.35. The Morgan fingerprint density at radius 1 is 1.20 bits per heavy atom. The molecule has 0 saturated carbocycles. The molecule has 1 fully saturated rings. The highest BCUT2D eigenvalue weighted by molar-refractivity contribution is 7.85. The van der Waals surface area contributed by atoms with E-state index in [0.717, 1.165) is 25.0 Å². The monoisotopic (exact) mass is 309 g/mol. The quantitative estimate of drug-likeness (QED) is 0.870. The highest BCUT2D eigenvalue weighted by Crippen LogP contribution is 2.30. The van der Waals surface area contributed by atoms with Crippen LogP contribution in [0.4, 0.5) is 17.6 Å². The maximum absolute atomic E-state index is 13.2. The van der Waals surface area contributed by atoms with Gasteiger partial charge in [0.2, 0.25) is 0 Å². The molecule has 2 rings (SSSR count). The summed E-state index contributed by atoms with van der Waals surface area (Å²) in [6.07, 6.45) is -3.08. The van der Waals surface area contributed by atoms with Crippen molar-refractivity contribution in [3.8, 4) is 0 Å². The van der Waals surface area contributed by atoms with Crippen molar-refractivity contribution in [3.63, 3.8) is 0 Å². The summed E-state index contributed by atoms with van der Waals surface area (Å²) < 4.78 is 62.1. The summed E-state index contributed by atoms with van der Waals surface area (Å²) in [5, 5.41) is 3.10. The lowest BCUT2D eigenvalue weighted by Gasteiger charge is -2.22. The van der Waals surface area contributed by atoms with Gasteiger partial charge in [0, 0.05) is 34.9 Å². The molecule has 7 heteroatoms. The minimum Gasteiger partial charge on any atom is -0.310 e. The van der Waals surface area contributed by atoms with Crippen LogP contribution in [0.15, 0.2) is 18.2 Å². The molecule has 0 unspecified atom stereocenters. The fourth-order valence-electron chi connectivity index (χ4n) is 2.18. The first-order chi connectivity index (χ1) is 9.34. The number of hydrogen-bond donors (Lipinski definition) is 1. The molecule has 1 aliphatic rings. The molecule has 0 aliphatic carbocycles. The molecule has 0 atom stereocenters. The van der Waals surface area contributed by atoms with Crippen LogP contribution >= 0.6 is 0 Å². The van der Waals surface area contributed by atoms with Crippen LogP contribution < -0.4 is 5.32 Å². The zero-order chi connectivity index (χ0) is 14.8. The summed E-state index contributed by atoms with van der Waals surface area (Å²) >= 11 is 0. The lowest BCUT2D eigenvalue weighted by molar-refractivity contribution is -0.137. The van der Waals surface area contributed by atoms with Gasteiger partial charge in [-0.05, 0) is 36.6 Å². The average Bonchev–Trinajstić information content (AvgIpc) is 2.36. The Balaban J connectivity index is 1.99. The molecule has 112 valence electrons. The molecule has 1 aromatic rings. The highest BCUT2D eigenvalue weighted by Gasteiger charge is 2.31. The molecule has 1 aliphatic heterocycles. The number of rotatable bonds is 3.